The molecule has 0 aliphatic rings. The molecule has 0 aliphatic carbocycles. The molecule has 90 valence electrons. The van der Waals surface area contributed by atoms with Crippen molar-refractivity contribution in [2.75, 3.05) is 31.6 Å². The van der Waals surface area contributed by atoms with Crippen molar-refractivity contribution in [1.82, 2.24) is 9.97 Å². The average molecular weight is 232 g/mol. The topological polar surface area (TPSA) is 73.1 Å². The zero-order valence-electron chi connectivity index (χ0n) is 9.60. The van der Waals surface area contributed by atoms with Crippen molar-refractivity contribution < 1.29 is 4.74 Å². The quantitative estimate of drug-likeness (QED) is 0.727. The lowest BCUT2D eigenvalue weighted by Crippen LogP contribution is -2.15. The first-order chi connectivity index (χ1) is 8.40. The zero-order valence-corrected chi connectivity index (χ0v) is 9.60. The van der Waals surface area contributed by atoms with E-state index in [1.165, 1.54) is 0 Å². The summed E-state index contributed by atoms with van der Waals surface area (Å²) in [5.74, 6) is 0.625. The van der Waals surface area contributed by atoms with Crippen LogP contribution in [-0.4, -0.2) is 36.3 Å². The fraction of sp³-hybridized carbons (Fsp3) is 0.333. The monoisotopic (exact) mass is 232 g/mol. The Morgan fingerprint density at radius 1 is 1.24 bits per heavy atom. The molecule has 0 saturated carbocycles. The first-order valence-corrected chi connectivity index (χ1v) is 5.63. The van der Waals surface area contributed by atoms with Gasteiger partial charge in [0, 0.05) is 24.7 Å². The molecule has 0 saturated heterocycles. The molecule has 5 heteroatoms. The lowest BCUT2D eigenvalue weighted by Gasteiger charge is -2.05. The van der Waals surface area contributed by atoms with Crippen LogP contribution in [0.4, 0.5) is 5.95 Å². The molecule has 0 unspecified atom stereocenters. The standard InChI is InChI=1S/C12H16N4O/c13-5-7-17-8-6-14-12-15-9-10-3-1-2-4-11(10)16-12/h1-4,9H,5-8,13H2,(H,14,15,16). The number of nitrogens with zero attached hydrogens (tertiary/aromatic N) is 2. The zero-order chi connectivity index (χ0) is 11.9. The van der Waals surface area contributed by atoms with Gasteiger partial charge in [-0.25, -0.2) is 9.97 Å². The molecule has 1 aromatic carbocycles. The van der Waals surface area contributed by atoms with Crippen LogP contribution in [-0.2, 0) is 4.74 Å². The number of hydrogen-bond acceptors (Lipinski definition) is 5. The summed E-state index contributed by atoms with van der Waals surface area (Å²) in [4.78, 5) is 8.61. The van der Waals surface area contributed by atoms with Gasteiger partial charge in [0.25, 0.3) is 0 Å². The molecule has 0 radical (unpaired) electrons. The number of hydrogen-bond donors (Lipinski definition) is 2. The highest BCUT2D eigenvalue weighted by Gasteiger charge is 1.98. The molecule has 0 aliphatic heterocycles. The van der Waals surface area contributed by atoms with Crippen LogP contribution in [0.5, 0.6) is 0 Å². The van der Waals surface area contributed by atoms with E-state index in [0.717, 1.165) is 10.9 Å². The third-order valence-corrected chi connectivity index (χ3v) is 2.28. The van der Waals surface area contributed by atoms with E-state index in [-0.39, 0.29) is 0 Å². The van der Waals surface area contributed by atoms with Crippen molar-refractivity contribution in [3.8, 4) is 0 Å². The third kappa shape index (κ3) is 3.37. The van der Waals surface area contributed by atoms with Crippen molar-refractivity contribution in [2.45, 2.75) is 0 Å². The Morgan fingerprint density at radius 3 is 3.00 bits per heavy atom. The first-order valence-electron chi connectivity index (χ1n) is 5.63. The van der Waals surface area contributed by atoms with Gasteiger partial charge in [0.15, 0.2) is 0 Å². The number of nitrogens with one attached hydrogen (secondary N) is 1. The maximum absolute atomic E-state index is 5.31. The molecule has 1 heterocycles. The number of rotatable bonds is 6. The molecule has 0 amide bonds. The van der Waals surface area contributed by atoms with Gasteiger partial charge in [0.05, 0.1) is 18.7 Å². The van der Waals surface area contributed by atoms with Gasteiger partial charge < -0.3 is 15.8 Å². The predicted octanol–water partition coefficient (Wildman–Crippen LogP) is 1.02. The van der Waals surface area contributed by atoms with Crippen LogP contribution in [0.1, 0.15) is 0 Å². The largest absolute Gasteiger partial charge is 0.378 e. The molecular weight excluding hydrogens is 216 g/mol. The molecule has 0 atom stereocenters. The van der Waals surface area contributed by atoms with Crippen LogP contribution in [0.25, 0.3) is 10.9 Å². The molecule has 17 heavy (non-hydrogen) atoms. The summed E-state index contributed by atoms with van der Waals surface area (Å²) in [5, 5.41) is 4.15. The second kappa shape index (κ2) is 6.12. The number of fused-ring (bicyclic) bond motifs is 1. The van der Waals surface area contributed by atoms with Crippen molar-refractivity contribution >= 4 is 16.9 Å². The van der Waals surface area contributed by atoms with E-state index in [0.29, 0.717) is 32.3 Å². The molecule has 5 nitrogen and oxygen atoms in total. The van der Waals surface area contributed by atoms with Crippen molar-refractivity contribution in [3.63, 3.8) is 0 Å². The van der Waals surface area contributed by atoms with Crippen LogP contribution in [0.2, 0.25) is 0 Å². The maximum Gasteiger partial charge on any atom is 0.223 e. The summed E-state index contributed by atoms with van der Waals surface area (Å²) in [6.45, 7) is 2.42. The van der Waals surface area contributed by atoms with E-state index >= 15 is 0 Å². The molecule has 0 spiro atoms. The van der Waals surface area contributed by atoms with Gasteiger partial charge in [-0.2, -0.15) is 0 Å². The summed E-state index contributed by atoms with van der Waals surface area (Å²) >= 11 is 0. The SMILES string of the molecule is NCCOCCNc1ncc2ccccc2n1. The van der Waals surface area contributed by atoms with Crippen molar-refractivity contribution in [3.05, 3.63) is 30.5 Å². The highest BCUT2D eigenvalue weighted by Crippen LogP contribution is 2.11. The maximum atomic E-state index is 5.31. The smallest absolute Gasteiger partial charge is 0.223 e. The Labute approximate surface area is 100 Å². The van der Waals surface area contributed by atoms with Gasteiger partial charge in [-0.15, -0.1) is 0 Å². The number of anilines is 1. The Balaban J connectivity index is 1.90. The van der Waals surface area contributed by atoms with Crippen molar-refractivity contribution in [2.24, 2.45) is 5.73 Å². The lowest BCUT2D eigenvalue weighted by molar-refractivity contribution is 0.151. The summed E-state index contributed by atoms with van der Waals surface area (Å²) in [5.41, 5.74) is 6.25. The number of aromatic nitrogens is 2. The minimum atomic E-state index is 0.548. The number of nitrogens with two attached hydrogens (primary N) is 1. The van der Waals surface area contributed by atoms with Gasteiger partial charge in [0.2, 0.25) is 5.95 Å². The molecule has 2 rings (SSSR count). The Kier molecular flexibility index (Phi) is 4.23. The lowest BCUT2D eigenvalue weighted by atomic mass is 10.2. The van der Waals surface area contributed by atoms with Crippen LogP contribution >= 0.6 is 0 Å². The van der Waals surface area contributed by atoms with E-state index in [1.807, 2.05) is 30.5 Å². The minimum Gasteiger partial charge on any atom is -0.378 e. The van der Waals surface area contributed by atoms with Crippen LogP contribution in [0, 0.1) is 0 Å². The summed E-state index contributed by atoms with van der Waals surface area (Å²) in [6, 6.07) is 7.89. The Hall–Kier alpha value is -1.72. The van der Waals surface area contributed by atoms with E-state index < -0.39 is 0 Å². The van der Waals surface area contributed by atoms with Gasteiger partial charge in [-0.1, -0.05) is 18.2 Å². The Morgan fingerprint density at radius 2 is 2.12 bits per heavy atom. The fourth-order valence-corrected chi connectivity index (χ4v) is 1.48. The predicted molar refractivity (Wildman–Crippen MR) is 67.9 cm³/mol. The van der Waals surface area contributed by atoms with Gasteiger partial charge in [-0.05, 0) is 6.07 Å². The van der Waals surface area contributed by atoms with Crippen LogP contribution < -0.4 is 11.1 Å². The molecule has 0 bridgehead atoms. The summed E-state index contributed by atoms with van der Waals surface area (Å²) < 4.78 is 5.25. The van der Waals surface area contributed by atoms with Gasteiger partial charge in [0.1, 0.15) is 0 Å². The van der Waals surface area contributed by atoms with E-state index in [4.69, 9.17) is 10.5 Å². The second-order valence-corrected chi connectivity index (χ2v) is 3.58. The Bertz CT molecular complexity index is 475. The first kappa shape index (κ1) is 11.8. The minimum absolute atomic E-state index is 0.548. The molecule has 3 N–H and O–H groups in total. The van der Waals surface area contributed by atoms with E-state index in [2.05, 4.69) is 15.3 Å². The molecule has 2 aromatic rings. The van der Waals surface area contributed by atoms with Crippen molar-refractivity contribution in [1.29, 1.82) is 0 Å². The van der Waals surface area contributed by atoms with Gasteiger partial charge >= 0.3 is 0 Å². The highest BCUT2D eigenvalue weighted by atomic mass is 16.5. The summed E-state index contributed by atoms with van der Waals surface area (Å²) in [7, 11) is 0. The average Bonchev–Trinajstić information content (AvgIpc) is 2.38. The number of ether oxygens (including phenoxy) is 1. The molecule has 0 fully saturated rings. The molecular formula is C12H16N4O. The second-order valence-electron chi connectivity index (χ2n) is 3.58. The molecule has 1 aromatic heterocycles. The van der Waals surface area contributed by atoms with Crippen LogP contribution in [0.15, 0.2) is 30.5 Å². The highest BCUT2D eigenvalue weighted by molar-refractivity contribution is 5.78. The van der Waals surface area contributed by atoms with E-state index in [9.17, 15) is 0 Å². The van der Waals surface area contributed by atoms with Gasteiger partial charge in [-0.3, -0.25) is 0 Å². The fourth-order valence-electron chi connectivity index (χ4n) is 1.48. The van der Waals surface area contributed by atoms with E-state index in [1.54, 1.807) is 0 Å². The normalized spacial score (nSPS) is 10.6. The number of benzene rings is 1. The summed E-state index contributed by atoms with van der Waals surface area (Å²) in [6.07, 6.45) is 1.81. The third-order valence-electron chi connectivity index (χ3n) is 2.28. The number of para-hydroxylation sites is 1. The van der Waals surface area contributed by atoms with Crippen LogP contribution in [0.3, 0.4) is 0 Å².